The van der Waals surface area contributed by atoms with Gasteiger partial charge in [-0.3, -0.25) is 0 Å². The van der Waals surface area contributed by atoms with Crippen LogP contribution in [0, 0.1) is 0 Å². The first kappa shape index (κ1) is 16.7. The number of esters is 1. The van der Waals surface area contributed by atoms with Crippen molar-refractivity contribution >= 4 is 11.9 Å². The minimum Gasteiger partial charge on any atom is -0.478 e. The van der Waals surface area contributed by atoms with Crippen molar-refractivity contribution in [1.82, 2.24) is 0 Å². The molecule has 2 rings (SSSR count). The number of rotatable bonds is 7. The lowest BCUT2D eigenvalue weighted by Crippen LogP contribution is -2.12. The van der Waals surface area contributed by atoms with Crippen molar-refractivity contribution in [2.45, 2.75) is 32.8 Å². The van der Waals surface area contributed by atoms with Crippen LogP contribution in [0.1, 0.15) is 51.6 Å². The van der Waals surface area contributed by atoms with E-state index in [0.717, 1.165) is 30.4 Å². The maximum atomic E-state index is 12.2. The molecule has 0 radical (unpaired) electrons. The van der Waals surface area contributed by atoms with Crippen LogP contribution in [-0.4, -0.2) is 17.0 Å². The molecule has 0 saturated heterocycles. The molecular formula is C19H20O4. The summed E-state index contributed by atoms with van der Waals surface area (Å²) in [6.07, 6.45) is 3.11. The number of hydrogen-bond acceptors (Lipinski definition) is 3. The van der Waals surface area contributed by atoms with Crippen LogP contribution in [0.4, 0.5) is 0 Å². The van der Waals surface area contributed by atoms with Crippen LogP contribution in [0.15, 0.2) is 48.5 Å². The van der Waals surface area contributed by atoms with Gasteiger partial charge in [-0.25, -0.2) is 9.59 Å². The molecule has 4 heteroatoms. The number of hydrogen-bond donors (Lipinski definition) is 1. The number of aromatic carboxylic acids is 1. The molecule has 0 amide bonds. The van der Waals surface area contributed by atoms with E-state index in [1.807, 2.05) is 24.3 Å². The topological polar surface area (TPSA) is 63.6 Å². The first-order chi connectivity index (χ1) is 11.1. The molecule has 1 N–H and O–H groups in total. The number of carboxylic acid groups (broad SMARTS) is 1. The van der Waals surface area contributed by atoms with E-state index in [9.17, 15) is 9.59 Å². The van der Waals surface area contributed by atoms with Crippen LogP contribution >= 0.6 is 0 Å². The predicted octanol–water partition coefficient (Wildman–Crippen LogP) is 4.08. The summed E-state index contributed by atoms with van der Waals surface area (Å²) in [5, 5.41) is 9.13. The molecule has 2 aromatic rings. The highest BCUT2D eigenvalue weighted by Crippen LogP contribution is 2.16. The molecule has 23 heavy (non-hydrogen) atoms. The summed E-state index contributed by atoms with van der Waals surface area (Å²) in [6.45, 7) is 2.28. The number of aryl methyl sites for hydroxylation is 1. The zero-order valence-corrected chi connectivity index (χ0v) is 13.1. The number of unbranched alkanes of at least 4 members (excludes halogenated alkanes) is 1. The molecule has 0 aromatic heterocycles. The first-order valence-corrected chi connectivity index (χ1v) is 7.69. The average molecular weight is 312 g/mol. The molecule has 0 unspecified atom stereocenters. The molecule has 2 aromatic carbocycles. The average Bonchev–Trinajstić information content (AvgIpc) is 2.58. The lowest BCUT2D eigenvalue weighted by molar-refractivity contribution is 0.0462. The summed E-state index contributed by atoms with van der Waals surface area (Å²) in [5.74, 6) is -1.76. The summed E-state index contributed by atoms with van der Waals surface area (Å²) in [7, 11) is 0. The third-order valence-corrected chi connectivity index (χ3v) is 3.65. The Bertz CT molecular complexity index is 691. The van der Waals surface area contributed by atoms with Crippen LogP contribution in [0.5, 0.6) is 0 Å². The van der Waals surface area contributed by atoms with Crippen molar-refractivity contribution in [3.8, 4) is 0 Å². The Hall–Kier alpha value is -2.62. The third kappa shape index (κ3) is 4.42. The van der Waals surface area contributed by atoms with Crippen LogP contribution in [0.2, 0.25) is 0 Å². The SMILES string of the molecule is CCCCc1ccccc1COC(=O)c1ccccc1C(=O)O. The third-order valence-electron chi connectivity index (χ3n) is 3.65. The van der Waals surface area contributed by atoms with E-state index in [1.54, 1.807) is 12.1 Å². The summed E-state index contributed by atoms with van der Waals surface area (Å²) in [6, 6.07) is 13.9. The minimum absolute atomic E-state index is 0.0447. The Morgan fingerprint density at radius 2 is 1.57 bits per heavy atom. The zero-order valence-electron chi connectivity index (χ0n) is 13.1. The van der Waals surface area contributed by atoms with Gasteiger partial charge in [0.1, 0.15) is 6.61 Å². The molecule has 0 aliphatic heterocycles. The fourth-order valence-corrected chi connectivity index (χ4v) is 2.38. The summed E-state index contributed by atoms with van der Waals surface area (Å²) in [5.41, 5.74) is 2.15. The van der Waals surface area contributed by atoms with Crippen LogP contribution < -0.4 is 0 Å². The Morgan fingerprint density at radius 3 is 2.22 bits per heavy atom. The Kier molecular flexibility index (Phi) is 5.92. The van der Waals surface area contributed by atoms with E-state index in [-0.39, 0.29) is 17.7 Å². The molecule has 0 atom stereocenters. The van der Waals surface area contributed by atoms with Crippen LogP contribution in [0.25, 0.3) is 0 Å². The van der Waals surface area contributed by atoms with E-state index in [4.69, 9.17) is 9.84 Å². The van der Waals surface area contributed by atoms with Gasteiger partial charge in [0.05, 0.1) is 11.1 Å². The molecule has 0 spiro atoms. The predicted molar refractivity (Wildman–Crippen MR) is 87.6 cm³/mol. The molecule has 0 aliphatic carbocycles. The van der Waals surface area contributed by atoms with Gasteiger partial charge in [-0.1, -0.05) is 49.7 Å². The number of carbonyl (C=O) groups is 2. The number of carboxylic acids is 1. The number of carbonyl (C=O) groups excluding carboxylic acids is 1. The molecular weight excluding hydrogens is 292 g/mol. The highest BCUT2D eigenvalue weighted by molar-refractivity contribution is 6.02. The van der Waals surface area contributed by atoms with Crippen molar-refractivity contribution in [3.05, 3.63) is 70.8 Å². The molecule has 0 heterocycles. The second kappa shape index (κ2) is 8.13. The quantitative estimate of drug-likeness (QED) is 0.782. The highest BCUT2D eigenvalue weighted by Gasteiger charge is 2.17. The normalized spacial score (nSPS) is 10.3. The summed E-state index contributed by atoms with van der Waals surface area (Å²) in [4.78, 5) is 23.3. The van der Waals surface area contributed by atoms with Crippen molar-refractivity contribution in [2.75, 3.05) is 0 Å². The second-order valence-corrected chi connectivity index (χ2v) is 5.30. The van der Waals surface area contributed by atoms with E-state index in [2.05, 4.69) is 6.92 Å². The van der Waals surface area contributed by atoms with E-state index >= 15 is 0 Å². The standard InChI is InChI=1S/C19H20O4/c1-2-3-8-14-9-4-5-10-15(14)13-23-19(22)17-12-7-6-11-16(17)18(20)21/h4-7,9-12H,2-3,8,13H2,1H3,(H,20,21). The van der Waals surface area contributed by atoms with Gasteiger partial charge in [0, 0.05) is 0 Å². The van der Waals surface area contributed by atoms with Gasteiger partial charge >= 0.3 is 11.9 Å². The molecule has 0 fully saturated rings. The highest BCUT2D eigenvalue weighted by atomic mass is 16.5. The van der Waals surface area contributed by atoms with Gasteiger partial charge in [0.25, 0.3) is 0 Å². The zero-order chi connectivity index (χ0) is 16.7. The van der Waals surface area contributed by atoms with Gasteiger partial charge in [0.2, 0.25) is 0 Å². The monoisotopic (exact) mass is 312 g/mol. The van der Waals surface area contributed by atoms with Gasteiger partial charge in [-0.2, -0.15) is 0 Å². The van der Waals surface area contributed by atoms with Gasteiger partial charge < -0.3 is 9.84 Å². The van der Waals surface area contributed by atoms with Crippen molar-refractivity contribution in [1.29, 1.82) is 0 Å². The van der Waals surface area contributed by atoms with E-state index in [1.165, 1.54) is 12.1 Å². The lowest BCUT2D eigenvalue weighted by atomic mass is 10.0. The Labute approximate surface area is 135 Å². The van der Waals surface area contributed by atoms with Crippen molar-refractivity contribution < 1.29 is 19.4 Å². The Morgan fingerprint density at radius 1 is 0.957 bits per heavy atom. The maximum absolute atomic E-state index is 12.2. The number of benzene rings is 2. The van der Waals surface area contributed by atoms with E-state index in [0.29, 0.717) is 0 Å². The molecule has 120 valence electrons. The fraction of sp³-hybridized carbons (Fsp3) is 0.263. The second-order valence-electron chi connectivity index (χ2n) is 5.30. The largest absolute Gasteiger partial charge is 0.478 e. The van der Waals surface area contributed by atoms with E-state index < -0.39 is 11.9 Å². The van der Waals surface area contributed by atoms with Crippen molar-refractivity contribution in [2.24, 2.45) is 0 Å². The van der Waals surface area contributed by atoms with Gasteiger partial charge in [0.15, 0.2) is 0 Å². The molecule has 4 nitrogen and oxygen atoms in total. The first-order valence-electron chi connectivity index (χ1n) is 7.69. The molecule has 0 bridgehead atoms. The summed E-state index contributed by atoms with van der Waals surface area (Å²) < 4.78 is 5.32. The van der Waals surface area contributed by atoms with Crippen LogP contribution in [0.3, 0.4) is 0 Å². The fourth-order valence-electron chi connectivity index (χ4n) is 2.38. The van der Waals surface area contributed by atoms with Crippen LogP contribution in [-0.2, 0) is 17.8 Å². The molecule has 0 saturated carbocycles. The maximum Gasteiger partial charge on any atom is 0.339 e. The molecule has 0 aliphatic rings. The lowest BCUT2D eigenvalue weighted by Gasteiger charge is -2.11. The summed E-state index contributed by atoms with van der Waals surface area (Å²) >= 11 is 0. The Balaban J connectivity index is 2.10. The smallest absolute Gasteiger partial charge is 0.339 e. The minimum atomic E-state index is -1.14. The van der Waals surface area contributed by atoms with Gasteiger partial charge in [-0.15, -0.1) is 0 Å². The van der Waals surface area contributed by atoms with Gasteiger partial charge in [-0.05, 0) is 36.1 Å². The number of ether oxygens (including phenoxy) is 1. The van der Waals surface area contributed by atoms with Crippen molar-refractivity contribution in [3.63, 3.8) is 0 Å².